The van der Waals surface area contributed by atoms with Crippen LogP contribution in [0.5, 0.6) is 0 Å². The molecule has 172 valence electrons. The smallest absolute Gasteiger partial charge is 0.410 e. The predicted octanol–water partition coefficient (Wildman–Crippen LogP) is 3.98. The van der Waals surface area contributed by atoms with E-state index in [0.29, 0.717) is 48.5 Å². The second-order valence-corrected chi connectivity index (χ2v) is 9.52. The number of aromatic nitrogens is 2. The summed E-state index contributed by atoms with van der Waals surface area (Å²) in [5, 5.41) is 4.59. The normalized spacial score (nSPS) is 16.4. The first-order chi connectivity index (χ1) is 15.2. The Morgan fingerprint density at radius 2 is 2.03 bits per heavy atom. The van der Waals surface area contributed by atoms with E-state index in [9.17, 15) is 13.6 Å². The Kier molecular flexibility index (Phi) is 6.31. The number of amides is 1. The third-order valence-corrected chi connectivity index (χ3v) is 5.57. The number of hydrogen-bond acceptors (Lipinski definition) is 8. The van der Waals surface area contributed by atoms with Crippen molar-refractivity contribution >= 4 is 28.1 Å². The van der Waals surface area contributed by atoms with Gasteiger partial charge in [0.1, 0.15) is 17.8 Å². The lowest BCUT2D eigenvalue weighted by Gasteiger charge is -2.33. The molecule has 1 aliphatic heterocycles. The molecule has 2 aromatic heterocycles. The fourth-order valence-electron chi connectivity index (χ4n) is 3.37. The van der Waals surface area contributed by atoms with Gasteiger partial charge in [0.15, 0.2) is 22.7 Å². The van der Waals surface area contributed by atoms with Gasteiger partial charge in [-0.3, -0.25) is 0 Å². The summed E-state index contributed by atoms with van der Waals surface area (Å²) in [7, 11) is 0. The molecule has 1 atom stereocenters. The van der Waals surface area contributed by atoms with E-state index < -0.39 is 16.7 Å². The summed E-state index contributed by atoms with van der Waals surface area (Å²) >= 11 is -2.07. The molecule has 1 aliphatic rings. The number of carbonyl (C=O) groups is 1. The molecule has 0 radical (unpaired) electrons. The molecule has 0 saturated carbocycles. The number of fused-ring (bicyclic) bond motifs is 1. The van der Waals surface area contributed by atoms with Gasteiger partial charge in [-0.1, -0.05) is 5.16 Å². The lowest BCUT2D eigenvalue weighted by atomic mass is 10.1. The van der Waals surface area contributed by atoms with Gasteiger partial charge < -0.3 is 27.9 Å². The van der Waals surface area contributed by atoms with E-state index in [0.717, 1.165) is 0 Å². The lowest BCUT2D eigenvalue weighted by Crippen LogP contribution is -2.43. The van der Waals surface area contributed by atoms with Crippen LogP contribution in [0.25, 0.3) is 22.6 Å². The van der Waals surface area contributed by atoms with Gasteiger partial charge in [-0.25, -0.2) is 9.00 Å². The highest BCUT2D eigenvalue weighted by atomic mass is 32.2. The molecule has 10 nitrogen and oxygen atoms in total. The van der Waals surface area contributed by atoms with Gasteiger partial charge in [-0.15, -0.1) is 0 Å². The third-order valence-electron chi connectivity index (χ3n) is 4.91. The van der Waals surface area contributed by atoms with E-state index in [1.807, 2.05) is 20.8 Å². The number of likely N-dealkylation sites (tertiary alicyclic amines) is 1. The minimum atomic E-state index is -2.07. The molecule has 1 amide bonds. The number of ether oxygens (including phenoxy) is 2. The lowest BCUT2D eigenvalue weighted by molar-refractivity contribution is -0.0190. The molecule has 32 heavy (non-hydrogen) atoms. The number of rotatable bonds is 5. The standard InChI is InChI=1S/C21H25N3O7S/c1-21(2,3)30-20(25)24-8-6-14(7-9-24)28-12-18-22-19(31-23-18)17-11-13-10-15(32(26)27)4-5-16(13)29-17/h4-5,10-11,14H,6-9,12H2,1-3H3,(H,26,27). The maximum atomic E-state index is 12.1. The van der Waals surface area contributed by atoms with Gasteiger partial charge in [0.2, 0.25) is 0 Å². The van der Waals surface area contributed by atoms with Crippen LogP contribution in [-0.2, 0) is 27.2 Å². The quantitative estimate of drug-likeness (QED) is 0.559. The van der Waals surface area contributed by atoms with E-state index in [-0.39, 0.29) is 29.6 Å². The molecular weight excluding hydrogens is 438 g/mol. The molecule has 4 rings (SSSR count). The zero-order valence-corrected chi connectivity index (χ0v) is 18.9. The molecular formula is C21H25N3O7S. The van der Waals surface area contributed by atoms with Crippen LogP contribution < -0.4 is 0 Å². The minimum absolute atomic E-state index is 0.0142. The van der Waals surface area contributed by atoms with Crippen molar-refractivity contribution in [2.24, 2.45) is 0 Å². The summed E-state index contributed by atoms with van der Waals surface area (Å²) in [6.45, 7) is 6.85. The maximum Gasteiger partial charge on any atom is 0.410 e. The van der Waals surface area contributed by atoms with Crippen LogP contribution in [0.2, 0.25) is 0 Å². The van der Waals surface area contributed by atoms with Gasteiger partial charge in [-0.2, -0.15) is 4.98 Å². The number of benzene rings is 1. The van der Waals surface area contributed by atoms with Gasteiger partial charge in [-0.05, 0) is 57.9 Å². The zero-order valence-electron chi connectivity index (χ0n) is 18.1. The molecule has 1 fully saturated rings. The number of furan rings is 1. The average molecular weight is 464 g/mol. The van der Waals surface area contributed by atoms with Crippen LogP contribution in [0.15, 0.2) is 38.1 Å². The number of piperidine rings is 1. The minimum Gasteiger partial charge on any atom is -0.451 e. The number of carbonyl (C=O) groups excluding carboxylic acids is 1. The Balaban J connectivity index is 1.31. The van der Waals surface area contributed by atoms with Crippen LogP contribution in [0, 0.1) is 0 Å². The molecule has 0 aliphatic carbocycles. The molecule has 3 heterocycles. The van der Waals surface area contributed by atoms with Crippen molar-refractivity contribution in [2.75, 3.05) is 13.1 Å². The van der Waals surface area contributed by atoms with E-state index in [4.69, 9.17) is 18.4 Å². The van der Waals surface area contributed by atoms with Crippen molar-refractivity contribution in [2.45, 2.75) is 56.8 Å². The molecule has 11 heteroatoms. The summed E-state index contributed by atoms with van der Waals surface area (Å²) in [5.41, 5.74) is 0.0301. The van der Waals surface area contributed by atoms with Gasteiger partial charge in [0, 0.05) is 18.5 Å². The van der Waals surface area contributed by atoms with Crippen molar-refractivity contribution in [1.82, 2.24) is 15.0 Å². The Bertz CT molecular complexity index is 1130. The predicted molar refractivity (Wildman–Crippen MR) is 114 cm³/mol. The van der Waals surface area contributed by atoms with Gasteiger partial charge in [0.25, 0.3) is 5.89 Å². The van der Waals surface area contributed by atoms with Crippen molar-refractivity contribution in [3.63, 3.8) is 0 Å². The summed E-state index contributed by atoms with van der Waals surface area (Å²) in [6.07, 6.45) is 1.08. The van der Waals surface area contributed by atoms with E-state index in [1.165, 1.54) is 6.07 Å². The molecule has 1 unspecified atom stereocenters. The van der Waals surface area contributed by atoms with E-state index in [1.54, 1.807) is 23.1 Å². The van der Waals surface area contributed by atoms with Crippen LogP contribution in [0.1, 0.15) is 39.4 Å². The zero-order chi connectivity index (χ0) is 22.9. The Morgan fingerprint density at radius 1 is 1.28 bits per heavy atom. The van der Waals surface area contributed by atoms with Crippen molar-refractivity contribution in [3.8, 4) is 11.7 Å². The van der Waals surface area contributed by atoms with Crippen LogP contribution in [0.3, 0.4) is 0 Å². The van der Waals surface area contributed by atoms with E-state index >= 15 is 0 Å². The highest BCUT2D eigenvalue weighted by molar-refractivity contribution is 7.79. The second-order valence-electron chi connectivity index (χ2n) is 8.55. The van der Waals surface area contributed by atoms with Gasteiger partial charge >= 0.3 is 6.09 Å². The number of hydrogen-bond donors (Lipinski definition) is 1. The molecule has 1 saturated heterocycles. The molecule has 0 bridgehead atoms. The Morgan fingerprint density at radius 3 is 2.72 bits per heavy atom. The van der Waals surface area contributed by atoms with Crippen molar-refractivity contribution in [3.05, 3.63) is 30.1 Å². The fraction of sp³-hybridized carbons (Fsp3) is 0.476. The first kappa shape index (κ1) is 22.4. The highest BCUT2D eigenvalue weighted by Gasteiger charge is 2.27. The summed E-state index contributed by atoms with van der Waals surface area (Å²) < 4.78 is 42.7. The van der Waals surface area contributed by atoms with Crippen LogP contribution in [0.4, 0.5) is 4.79 Å². The van der Waals surface area contributed by atoms with Crippen molar-refractivity contribution in [1.29, 1.82) is 0 Å². The van der Waals surface area contributed by atoms with Crippen LogP contribution >= 0.6 is 0 Å². The largest absolute Gasteiger partial charge is 0.451 e. The fourth-order valence-corrected chi connectivity index (χ4v) is 3.78. The average Bonchev–Trinajstić information content (AvgIpc) is 3.37. The molecule has 1 N–H and O–H groups in total. The first-order valence-electron chi connectivity index (χ1n) is 10.2. The third kappa shape index (κ3) is 5.34. The van der Waals surface area contributed by atoms with Gasteiger partial charge in [0.05, 0.1) is 11.0 Å². The number of nitrogens with zero attached hydrogens (tertiary/aromatic N) is 3. The maximum absolute atomic E-state index is 12.1. The Labute approximate surface area is 187 Å². The van der Waals surface area contributed by atoms with Crippen LogP contribution in [-0.4, -0.2) is 54.7 Å². The summed E-state index contributed by atoms with van der Waals surface area (Å²) in [5.74, 6) is 0.948. The second kappa shape index (κ2) is 9.00. The topological polar surface area (TPSA) is 128 Å². The van der Waals surface area contributed by atoms with E-state index in [2.05, 4.69) is 10.1 Å². The monoisotopic (exact) mass is 463 g/mol. The van der Waals surface area contributed by atoms with Crippen molar-refractivity contribution < 1.29 is 32.0 Å². The molecule has 1 aromatic carbocycles. The SMILES string of the molecule is CC(C)(C)OC(=O)N1CCC(OCc2noc(-c3cc4cc(S(=O)O)ccc4o3)n2)CC1. The summed E-state index contributed by atoms with van der Waals surface area (Å²) in [4.78, 5) is 18.4. The molecule has 3 aromatic rings. The summed E-state index contributed by atoms with van der Waals surface area (Å²) in [6, 6.07) is 6.39. The Hall–Kier alpha value is -2.76. The highest BCUT2D eigenvalue weighted by Crippen LogP contribution is 2.28. The first-order valence-corrected chi connectivity index (χ1v) is 11.4. The molecule has 0 spiro atoms.